The third-order valence-electron chi connectivity index (χ3n) is 12.2. The number of hydrogen-bond acceptors (Lipinski definition) is 7. The number of halogens is 2. The van der Waals surface area contributed by atoms with E-state index in [2.05, 4.69) is 35.1 Å². The Labute approximate surface area is 346 Å². The average molecular weight is 826 g/mol. The Morgan fingerprint density at radius 2 is 1.54 bits per heavy atom. The molecule has 5 heterocycles. The highest BCUT2D eigenvalue weighted by molar-refractivity contribution is 6.42. The maximum Gasteiger partial charge on any atom is 0.410 e. The summed E-state index contributed by atoms with van der Waals surface area (Å²) in [6, 6.07) is 15.8. The van der Waals surface area contributed by atoms with Crippen LogP contribution in [0.3, 0.4) is 0 Å². The maximum atomic E-state index is 16.3. The minimum atomic E-state index is -1.11. The van der Waals surface area contributed by atoms with E-state index in [-0.39, 0.29) is 50.9 Å². The molecule has 15 heteroatoms. The number of imidazole rings is 1. The number of carboxylic acid groups (broad SMARTS) is 1. The van der Waals surface area contributed by atoms with Gasteiger partial charge in [-0.15, -0.1) is 0 Å². The zero-order chi connectivity index (χ0) is 41.8. The van der Waals surface area contributed by atoms with Crippen molar-refractivity contribution in [2.75, 3.05) is 34.4 Å². The molecule has 0 bridgehead atoms. The van der Waals surface area contributed by atoms with Crippen molar-refractivity contribution in [3.05, 3.63) is 83.2 Å². The molecule has 2 radical (unpaired) electrons. The number of H-pyrrole nitrogens is 1. The zero-order valence-corrected chi connectivity index (χ0v) is 35.4. The van der Waals surface area contributed by atoms with Gasteiger partial charge in [0.25, 0.3) is 0 Å². The molecule has 2 unspecified atom stereocenters. The van der Waals surface area contributed by atoms with Gasteiger partial charge in [-0.3, -0.25) is 14.6 Å². The van der Waals surface area contributed by atoms with E-state index in [1.807, 2.05) is 49.6 Å². The molecule has 4 aliphatic heterocycles. The monoisotopic (exact) mass is 825 g/mol. The van der Waals surface area contributed by atoms with Crippen molar-refractivity contribution in [3.8, 4) is 0 Å². The van der Waals surface area contributed by atoms with E-state index in [9.17, 15) is 19.5 Å². The smallest absolute Gasteiger partial charge is 0.410 e. The van der Waals surface area contributed by atoms with Gasteiger partial charge >= 0.3 is 12.2 Å². The molecule has 59 heavy (non-hydrogen) atoms. The van der Waals surface area contributed by atoms with Gasteiger partial charge in [-0.1, -0.05) is 32.0 Å². The number of nitrogens with zero attached hydrogens (tertiary/aromatic N) is 5. The molecule has 1 aromatic heterocycles. The van der Waals surface area contributed by atoms with Crippen molar-refractivity contribution in [3.63, 3.8) is 0 Å². The molecule has 3 aromatic carbocycles. The fourth-order valence-corrected chi connectivity index (χ4v) is 10.6. The van der Waals surface area contributed by atoms with Gasteiger partial charge in [0.2, 0.25) is 5.91 Å². The van der Waals surface area contributed by atoms with Crippen LogP contribution in [0.1, 0.15) is 115 Å². The number of nitrogens with one attached hydrogen (secondary N) is 2. The summed E-state index contributed by atoms with van der Waals surface area (Å²) in [4.78, 5) is 51.3. The quantitative estimate of drug-likeness (QED) is 0.157. The molecule has 8 rings (SSSR count). The third-order valence-corrected chi connectivity index (χ3v) is 14.1. The van der Waals surface area contributed by atoms with Gasteiger partial charge in [0.15, 0.2) is 21.3 Å². The molecular weight excluding hydrogens is 773 g/mol. The number of likely N-dealkylation sites (tertiary alicyclic amines) is 2. The minimum Gasteiger partial charge on any atom is -0.465 e. The van der Waals surface area contributed by atoms with Gasteiger partial charge in [-0.05, 0) is 125 Å². The summed E-state index contributed by atoms with van der Waals surface area (Å²) in [7, 11) is 0.287. The van der Waals surface area contributed by atoms with E-state index >= 15 is 8.78 Å². The molecule has 4 aromatic rings. The normalized spacial score (nSPS) is 23.3. The lowest BCUT2D eigenvalue weighted by Gasteiger charge is -2.38. The van der Waals surface area contributed by atoms with E-state index in [0.29, 0.717) is 62.5 Å². The van der Waals surface area contributed by atoms with Crippen molar-refractivity contribution in [2.24, 2.45) is 5.41 Å². The molecule has 3 amide bonds. The predicted octanol–water partition coefficient (Wildman–Crippen LogP) is 9.35. The van der Waals surface area contributed by atoms with Gasteiger partial charge < -0.3 is 29.6 Å². The van der Waals surface area contributed by atoms with E-state index in [0.717, 1.165) is 47.5 Å². The topological polar surface area (TPSA) is 134 Å². The van der Waals surface area contributed by atoms with Gasteiger partial charge in [-0.2, -0.15) is 0 Å². The highest BCUT2D eigenvalue weighted by atomic mass is 28.2. The first kappa shape index (κ1) is 40.6. The second-order valence-corrected chi connectivity index (χ2v) is 19.4. The molecule has 0 saturated carbocycles. The first-order chi connectivity index (χ1) is 28.0. The van der Waals surface area contributed by atoms with Crippen LogP contribution in [0, 0.1) is 17.0 Å². The van der Waals surface area contributed by atoms with Crippen LogP contribution >= 0.6 is 0 Å². The Hall–Kier alpha value is -5.18. The summed E-state index contributed by atoms with van der Waals surface area (Å²) in [5.74, 6) is -0.848. The number of ether oxygens (including phenoxy) is 1. The summed E-state index contributed by atoms with van der Waals surface area (Å²) in [6.07, 6.45) is 3.46. The lowest BCUT2D eigenvalue weighted by Crippen LogP contribution is -2.42. The number of fused-ring (bicyclic) bond motifs is 1. The summed E-state index contributed by atoms with van der Waals surface area (Å²) >= 11 is 0. The van der Waals surface area contributed by atoms with Gasteiger partial charge in [-0.25, -0.2) is 23.4 Å². The second-order valence-electron chi connectivity index (χ2n) is 18.2. The number of benzene rings is 3. The molecule has 4 saturated heterocycles. The highest BCUT2D eigenvalue weighted by Gasteiger charge is 2.39. The molecule has 4 fully saturated rings. The van der Waals surface area contributed by atoms with Gasteiger partial charge in [0, 0.05) is 31.0 Å². The van der Waals surface area contributed by atoms with Crippen LogP contribution in [0.2, 0.25) is 6.04 Å². The van der Waals surface area contributed by atoms with E-state index < -0.39 is 29.4 Å². The Balaban J connectivity index is 1.10. The lowest BCUT2D eigenvalue weighted by molar-refractivity contribution is -0.119. The molecule has 3 N–H and O–H groups in total. The summed E-state index contributed by atoms with van der Waals surface area (Å²) in [5, 5.41) is 12.4. The Bertz CT molecular complexity index is 2210. The number of aromatic nitrogens is 2. The van der Waals surface area contributed by atoms with Crippen LogP contribution in [0.15, 0.2) is 54.6 Å². The number of aromatic amines is 1. The Kier molecular flexibility index (Phi) is 10.9. The zero-order valence-electron chi connectivity index (χ0n) is 34.4. The number of rotatable bonds is 7. The molecule has 4 aliphatic rings. The van der Waals surface area contributed by atoms with E-state index in [1.165, 1.54) is 17.0 Å². The fraction of sp³-hybridized carbons (Fsp3) is 0.500. The van der Waals surface area contributed by atoms with Gasteiger partial charge in [0.05, 0.1) is 29.2 Å². The van der Waals surface area contributed by atoms with Crippen LogP contribution in [-0.2, 0) is 9.53 Å². The predicted molar refractivity (Wildman–Crippen MR) is 224 cm³/mol. The number of anilines is 3. The third kappa shape index (κ3) is 8.35. The van der Waals surface area contributed by atoms with Crippen molar-refractivity contribution in [1.82, 2.24) is 19.8 Å². The van der Waals surface area contributed by atoms with E-state index in [1.54, 1.807) is 17.0 Å². The van der Waals surface area contributed by atoms with E-state index in [4.69, 9.17) is 9.72 Å². The molecule has 12 nitrogen and oxygen atoms in total. The first-order valence-corrected chi connectivity index (χ1v) is 21.9. The minimum absolute atomic E-state index is 0.0254. The number of amides is 3. The van der Waals surface area contributed by atoms with Crippen LogP contribution in [-0.4, -0.2) is 83.9 Å². The largest absolute Gasteiger partial charge is 0.465 e. The Morgan fingerprint density at radius 3 is 2.20 bits per heavy atom. The molecule has 4 atom stereocenters. The summed E-state index contributed by atoms with van der Waals surface area (Å²) in [5.41, 5.74) is 3.96. The number of carbonyl (C=O) groups excluding carboxylic acids is 2. The second kappa shape index (κ2) is 15.8. The van der Waals surface area contributed by atoms with Crippen molar-refractivity contribution in [1.29, 1.82) is 0 Å². The first-order valence-electron chi connectivity index (χ1n) is 20.7. The van der Waals surface area contributed by atoms with Crippen molar-refractivity contribution in [2.45, 2.75) is 115 Å². The summed E-state index contributed by atoms with van der Waals surface area (Å²) < 4.78 is 40.1. The highest BCUT2D eigenvalue weighted by Crippen LogP contribution is 2.49. The van der Waals surface area contributed by atoms with Crippen LogP contribution in [0.5, 0.6) is 0 Å². The number of hydrogen-bond donors (Lipinski definition) is 3. The Morgan fingerprint density at radius 1 is 0.881 bits per heavy atom. The van der Waals surface area contributed by atoms with Crippen LogP contribution in [0.25, 0.3) is 11.0 Å². The lowest BCUT2D eigenvalue weighted by atomic mass is 9.91. The SMILES string of the molecule is CC1(C)CCN(c2c(F)cc(N3[C@H](c4ccc(NC(=O)C5CCCN5C(=O)O)cc4)CC[C@H]3c3ccc4nc(C5CCCN5C(=O)OC(C)(C)C)[nH]c4c3)cc2F)[Si]C1. The molecule has 312 valence electrons. The molecule has 0 spiro atoms. The summed E-state index contributed by atoms with van der Waals surface area (Å²) in [6.45, 7) is 11.4. The molecule has 0 aliphatic carbocycles. The standard InChI is InChI=1S/C44H53F2N7O5Si/c1-43(2,3)58-42(57)51-20-6-8-36(51)39-48-32-15-12-27(22-33(32)49-39)35-17-16-34(26-10-13-28(14-11-26)47-40(54)37-9-7-19-50(37)41(55)56)53(35)29-23-30(45)38(31(46)24-29)52-21-18-44(4,5)25-59-52/h10-15,22-24,34-37H,6-9,16-21,25H2,1-5H3,(H,47,54)(H,48,49)(H,55,56)/t34-,35-,36?,37?/m0/s1. The van der Waals surface area contributed by atoms with Crippen molar-refractivity contribution < 1.29 is 33.0 Å². The number of carbonyl (C=O) groups is 3. The average Bonchev–Trinajstić information content (AvgIpc) is 4.00. The van der Waals surface area contributed by atoms with Crippen LogP contribution < -0.4 is 14.8 Å². The van der Waals surface area contributed by atoms with Crippen LogP contribution in [0.4, 0.5) is 35.4 Å². The van der Waals surface area contributed by atoms with Crippen molar-refractivity contribution >= 4 is 55.9 Å². The maximum absolute atomic E-state index is 16.3. The fourth-order valence-electron chi connectivity index (χ4n) is 9.15. The molecular formula is C44H53F2N7O5Si. The van der Waals surface area contributed by atoms with Gasteiger partial charge in [0.1, 0.15) is 23.2 Å².